The lowest BCUT2D eigenvalue weighted by atomic mass is 9.74. The monoisotopic (exact) mass is 247 g/mol. The van der Waals surface area contributed by atoms with E-state index in [4.69, 9.17) is 9.47 Å². The second kappa shape index (κ2) is 4.47. The zero-order chi connectivity index (χ0) is 12.6. The summed E-state index contributed by atoms with van der Waals surface area (Å²) in [7, 11) is 3.47. The van der Waals surface area contributed by atoms with E-state index in [-0.39, 0.29) is 5.41 Å². The van der Waals surface area contributed by atoms with Crippen molar-refractivity contribution in [2.45, 2.75) is 37.6 Å². The minimum Gasteiger partial charge on any atom is -0.493 e. The Morgan fingerprint density at radius 2 is 1.89 bits per heavy atom. The molecule has 1 aliphatic carbocycles. The van der Waals surface area contributed by atoms with Crippen molar-refractivity contribution >= 4 is 0 Å². The lowest BCUT2D eigenvalue weighted by Crippen LogP contribution is -2.41. The second-order valence-electron chi connectivity index (χ2n) is 5.43. The molecule has 1 aromatic carbocycles. The number of hydrogen-bond acceptors (Lipinski definition) is 3. The van der Waals surface area contributed by atoms with Gasteiger partial charge >= 0.3 is 0 Å². The summed E-state index contributed by atoms with van der Waals surface area (Å²) in [4.78, 5) is 0. The molecule has 1 aromatic rings. The van der Waals surface area contributed by atoms with Gasteiger partial charge in [-0.2, -0.15) is 0 Å². The maximum absolute atomic E-state index is 5.67. The first-order valence-corrected chi connectivity index (χ1v) is 6.76. The van der Waals surface area contributed by atoms with E-state index in [1.54, 1.807) is 14.2 Å². The Hall–Kier alpha value is -1.22. The van der Waals surface area contributed by atoms with Gasteiger partial charge in [0.05, 0.1) is 14.2 Å². The summed E-state index contributed by atoms with van der Waals surface area (Å²) in [6, 6.07) is 4.20. The first kappa shape index (κ1) is 11.8. The van der Waals surface area contributed by atoms with Crippen LogP contribution in [0.3, 0.4) is 0 Å². The van der Waals surface area contributed by atoms with Gasteiger partial charge < -0.3 is 14.8 Å². The topological polar surface area (TPSA) is 30.5 Å². The molecule has 1 spiro atoms. The molecule has 0 saturated heterocycles. The molecule has 1 fully saturated rings. The smallest absolute Gasteiger partial charge is 0.164 e. The van der Waals surface area contributed by atoms with Gasteiger partial charge in [-0.25, -0.2) is 0 Å². The number of nitrogens with one attached hydrogen (secondary N) is 1. The van der Waals surface area contributed by atoms with Crippen LogP contribution in [0.15, 0.2) is 12.1 Å². The van der Waals surface area contributed by atoms with Gasteiger partial charge in [0.2, 0.25) is 0 Å². The molecule has 0 bridgehead atoms. The summed E-state index contributed by atoms with van der Waals surface area (Å²) >= 11 is 0. The van der Waals surface area contributed by atoms with Crippen LogP contribution >= 0.6 is 0 Å². The molecule has 1 saturated carbocycles. The average molecular weight is 247 g/mol. The second-order valence-corrected chi connectivity index (χ2v) is 5.43. The zero-order valence-corrected chi connectivity index (χ0v) is 11.2. The minimum atomic E-state index is 0.271. The molecule has 0 radical (unpaired) electrons. The molecule has 0 unspecified atom stereocenters. The number of rotatable bonds is 2. The van der Waals surface area contributed by atoms with Crippen LogP contribution < -0.4 is 14.8 Å². The molecule has 0 atom stereocenters. The first-order chi connectivity index (χ1) is 8.80. The highest BCUT2D eigenvalue weighted by Gasteiger charge is 2.42. The molecule has 1 N–H and O–H groups in total. The maximum atomic E-state index is 5.67. The third kappa shape index (κ3) is 1.61. The van der Waals surface area contributed by atoms with Gasteiger partial charge in [-0.05, 0) is 24.5 Å². The highest BCUT2D eigenvalue weighted by molar-refractivity contribution is 5.56. The molecule has 18 heavy (non-hydrogen) atoms. The fourth-order valence-electron chi connectivity index (χ4n) is 3.70. The lowest BCUT2D eigenvalue weighted by molar-refractivity contribution is 0.318. The standard InChI is InChI=1S/C15H21NO2/c1-17-12-6-5-11-9-16-10-15(7-3-4-8-15)13(11)14(12)18-2/h5-6,16H,3-4,7-10H2,1-2H3. The summed E-state index contributed by atoms with van der Waals surface area (Å²) in [6.07, 6.45) is 5.16. The molecule has 98 valence electrons. The van der Waals surface area contributed by atoms with Crippen LogP contribution in [0.4, 0.5) is 0 Å². The minimum absolute atomic E-state index is 0.271. The Bertz CT molecular complexity index is 450. The molecule has 3 nitrogen and oxygen atoms in total. The van der Waals surface area contributed by atoms with Crippen molar-refractivity contribution < 1.29 is 9.47 Å². The summed E-state index contributed by atoms with van der Waals surface area (Å²) < 4.78 is 11.1. The third-order valence-corrected chi connectivity index (χ3v) is 4.50. The summed E-state index contributed by atoms with van der Waals surface area (Å²) in [5.41, 5.74) is 3.05. The fourth-order valence-corrected chi connectivity index (χ4v) is 3.70. The van der Waals surface area contributed by atoms with E-state index >= 15 is 0 Å². The highest BCUT2D eigenvalue weighted by atomic mass is 16.5. The van der Waals surface area contributed by atoms with Gasteiger partial charge in [-0.15, -0.1) is 0 Å². The predicted octanol–water partition coefficient (Wildman–Crippen LogP) is 2.62. The molecule has 3 heteroatoms. The Morgan fingerprint density at radius 3 is 2.56 bits per heavy atom. The van der Waals surface area contributed by atoms with Crippen LogP contribution in [0, 0.1) is 0 Å². The van der Waals surface area contributed by atoms with Gasteiger partial charge in [0, 0.05) is 24.1 Å². The van der Waals surface area contributed by atoms with Crippen LogP contribution in [-0.4, -0.2) is 20.8 Å². The summed E-state index contributed by atoms with van der Waals surface area (Å²) in [5, 5.41) is 3.57. The number of benzene rings is 1. The Morgan fingerprint density at radius 1 is 1.11 bits per heavy atom. The van der Waals surface area contributed by atoms with E-state index < -0.39 is 0 Å². The van der Waals surface area contributed by atoms with Crippen molar-refractivity contribution in [1.82, 2.24) is 5.32 Å². The van der Waals surface area contributed by atoms with E-state index in [0.29, 0.717) is 0 Å². The molecule has 1 aliphatic heterocycles. The Labute approximate surface area is 108 Å². The maximum Gasteiger partial charge on any atom is 0.164 e. The average Bonchev–Trinajstić information content (AvgIpc) is 2.87. The van der Waals surface area contributed by atoms with Gasteiger partial charge in [0.25, 0.3) is 0 Å². The highest BCUT2D eigenvalue weighted by Crippen LogP contribution is 2.50. The SMILES string of the molecule is COc1ccc2c(c1OC)C1(CCCC1)CNC2. The predicted molar refractivity (Wildman–Crippen MR) is 71.4 cm³/mol. The molecule has 0 aromatic heterocycles. The number of hydrogen-bond donors (Lipinski definition) is 1. The normalized spacial score (nSPS) is 20.8. The van der Waals surface area contributed by atoms with Crippen molar-refractivity contribution in [2.75, 3.05) is 20.8 Å². The van der Waals surface area contributed by atoms with Gasteiger partial charge in [0.15, 0.2) is 11.5 Å². The van der Waals surface area contributed by atoms with Gasteiger partial charge in [0.1, 0.15) is 0 Å². The van der Waals surface area contributed by atoms with Crippen LogP contribution in [0.1, 0.15) is 36.8 Å². The van der Waals surface area contributed by atoms with Crippen molar-refractivity contribution in [2.24, 2.45) is 0 Å². The zero-order valence-electron chi connectivity index (χ0n) is 11.2. The Balaban J connectivity index is 2.19. The quantitative estimate of drug-likeness (QED) is 0.871. The van der Waals surface area contributed by atoms with Crippen LogP contribution in [0.25, 0.3) is 0 Å². The summed E-state index contributed by atoms with van der Waals surface area (Å²) in [6.45, 7) is 2.01. The van der Waals surface area contributed by atoms with Crippen LogP contribution in [-0.2, 0) is 12.0 Å². The van der Waals surface area contributed by atoms with E-state index in [1.165, 1.54) is 36.8 Å². The Kier molecular flexibility index (Phi) is 2.94. The van der Waals surface area contributed by atoms with Crippen molar-refractivity contribution in [3.8, 4) is 11.5 Å². The molecular formula is C15H21NO2. The van der Waals surface area contributed by atoms with E-state index in [9.17, 15) is 0 Å². The molecule has 1 heterocycles. The first-order valence-electron chi connectivity index (χ1n) is 6.76. The number of fused-ring (bicyclic) bond motifs is 2. The van der Waals surface area contributed by atoms with E-state index in [1.807, 2.05) is 6.07 Å². The molecule has 0 amide bonds. The third-order valence-electron chi connectivity index (χ3n) is 4.50. The van der Waals surface area contributed by atoms with E-state index in [0.717, 1.165) is 24.6 Å². The van der Waals surface area contributed by atoms with Crippen molar-refractivity contribution in [1.29, 1.82) is 0 Å². The van der Waals surface area contributed by atoms with Crippen LogP contribution in [0.5, 0.6) is 11.5 Å². The van der Waals surface area contributed by atoms with E-state index in [2.05, 4.69) is 11.4 Å². The number of ether oxygens (including phenoxy) is 2. The molecule has 2 aliphatic rings. The largest absolute Gasteiger partial charge is 0.493 e. The van der Waals surface area contributed by atoms with Crippen LogP contribution in [0.2, 0.25) is 0 Å². The number of methoxy groups -OCH3 is 2. The van der Waals surface area contributed by atoms with Crippen molar-refractivity contribution in [3.63, 3.8) is 0 Å². The molecule has 3 rings (SSSR count). The lowest BCUT2D eigenvalue weighted by Gasteiger charge is -2.37. The van der Waals surface area contributed by atoms with Crippen molar-refractivity contribution in [3.05, 3.63) is 23.3 Å². The fraction of sp³-hybridized carbons (Fsp3) is 0.600. The molecular weight excluding hydrogens is 226 g/mol. The summed E-state index contributed by atoms with van der Waals surface area (Å²) in [5.74, 6) is 1.82. The van der Waals surface area contributed by atoms with Gasteiger partial charge in [-0.3, -0.25) is 0 Å². The van der Waals surface area contributed by atoms with Gasteiger partial charge in [-0.1, -0.05) is 18.9 Å².